The van der Waals surface area contributed by atoms with Crippen LogP contribution in [-0.4, -0.2) is 29.9 Å². The molecule has 0 fully saturated rings. The molecule has 6 heteroatoms. The van der Waals surface area contributed by atoms with Gasteiger partial charge in [0.1, 0.15) is 5.75 Å². The van der Waals surface area contributed by atoms with Crippen LogP contribution in [0.5, 0.6) is 5.75 Å². The number of hydrogen-bond donors (Lipinski definition) is 1. The van der Waals surface area contributed by atoms with E-state index >= 15 is 0 Å². The zero-order valence-corrected chi connectivity index (χ0v) is 20.4. The molecule has 0 saturated carbocycles. The van der Waals surface area contributed by atoms with E-state index in [0.717, 1.165) is 39.9 Å². The lowest BCUT2D eigenvalue weighted by Gasteiger charge is -2.37. The largest absolute Gasteiger partial charge is 0.484 e. The average molecular weight is 481 g/mol. The molecule has 5 rings (SSSR count). The number of aryl methyl sites for hydroxylation is 2. The lowest BCUT2D eigenvalue weighted by atomic mass is 9.87. The molecule has 2 heterocycles. The van der Waals surface area contributed by atoms with Crippen molar-refractivity contribution in [1.82, 2.24) is 4.90 Å². The average Bonchev–Trinajstić information content (AvgIpc) is 3.41. The number of amides is 2. The highest BCUT2D eigenvalue weighted by Gasteiger charge is 2.34. The topological polar surface area (TPSA) is 71.8 Å². The molecule has 0 saturated heterocycles. The second-order valence-electron chi connectivity index (χ2n) is 9.11. The molecule has 1 N–H and O–H groups in total. The molecule has 0 bridgehead atoms. The van der Waals surface area contributed by atoms with Crippen LogP contribution in [0.4, 0.5) is 5.69 Å². The van der Waals surface area contributed by atoms with Crippen molar-refractivity contribution in [3.63, 3.8) is 0 Å². The van der Waals surface area contributed by atoms with E-state index in [1.165, 1.54) is 6.26 Å². The van der Waals surface area contributed by atoms with Crippen LogP contribution in [0.25, 0.3) is 0 Å². The van der Waals surface area contributed by atoms with Gasteiger partial charge >= 0.3 is 0 Å². The van der Waals surface area contributed by atoms with Gasteiger partial charge in [-0.25, -0.2) is 0 Å². The molecule has 1 aliphatic heterocycles. The van der Waals surface area contributed by atoms with Crippen LogP contribution in [0.3, 0.4) is 0 Å². The van der Waals surface area contributed by atoms with Crippen molar-refractivity contribution in [1.29, 1.82) is 0 Å². The number of ether oxygens (including phenoxy) is 1. The molecule has 1 aliphatic rings. The summed E-state index contributed by atoms with van der Waals surface area (Å²) in [6, 6.07) is 24.8. The molecule has 1 aromatic heterocycles. The molecular weight excluding hydrogens is 452 g/mol. The Balaban J connectivity index is 1.41. The van der Waals surface area contributed by atoms with Crippen molar-refractivity contribution < 1.29 is 18.7 Å². The number of benzene rings is 3. The number of anilines is 1. The summed E-state index contributed by atoms with van der Waals surface area (Å²) in [6.45, 7) is 4.48. The van der Waals surface area contributed by atoms with E-state index in [-0.39, 0.29) is 24.5 Å². The first-order valence-corrected chi connectivity index (χ1v) is 12.0. The molecule has 0 unspecified atom stereocenters. The van der Waals surface area contributed by atoms with Crippen LogP contribution in [-0.2, 0) is 11.2 Å². The predicted molar refractivity (Wildman–Crippen MR) is 138 cm³/mol. The van der Waals surface area contributed by atoms with Crippen LogP contribution >= 0.6 is 0 Å². The highest BCUT2D eigenvalue weighted by molar-refractivity contribution is 5.92. The number of nitrogens with one attached hydrogen (secondary N) is 1. The summed E-state index contributed by atoms with van der Waals surface area (Å²) in [7, 11) is 0. The second kappa shape index (κ2) is 10.1. The first-order chi connectivity index (χ1) is 17.5. The highest BCUT2D eigenvalue weighted by Crippen LogP contribution is 2.38. The van der Waals surface area contributed by atoms with E-state index in [9.17, 15) is 9.59 Å². The lowest BCUT2D eigenvalue weighted by molar-refractivity contribution is -0.118. The van der Waals surface area contributed by atoms with Gasteiger partial charge in [-0.05, 0) is 78.9 Å². The van der Waals surface area contributed by atoms with E-state index in [1.807, 2.05) is 79.4 Å². The first kappa shape index (κ1) is 23.4. The van der Waals surface area contributed by atoms with E-state index in [1.54, 1.807) is 12.1 Å². The summed E-state index contributed by atoms with van der Waals surface area (Å²) < 4.78 is 11.3. The van der Waals surface area contributed by atoms with Gasteiger partial charge < -0.3 is 19.4 Å². The quantitative estimate of drug-likeness (QED) is 0.384. The maximum Gasteiger partial charge on any atom is 0.290 e. The van der Waals surface area contributed by atoms with Crippen molar-refractivity contribution in [3.05, 3.63) is 119 Å². The highest BCUT2D eigenvalue weighted by atomic mass is 16.5. The summed E-state index contributed by atoms with van der Waals surface area (Å²) in [6.07, 6.45) is 2.23. The van der Waals surface area contributed by atoms with Gasteiger partial charge in [-0.3, -0.25) is 9.59 Å². The Morgan fingerprint density at radius 2 is 1.78 bits per heavy atom. The number of carbonyl (C=O) groups excluding carboxylic acids is 2. The SMILES string of the molecule is Cc1cccc(NC(=O)COc2ccc3c(c2)[C@H](c2cccc(C)c2)N(C(=O)c2ccco2)CC3)c1. The van der Waals surface area contributed by atoms with Crippen molar-refractivity contribution >= 4 is 17.5 Å². The molecule has 3 aromatic carbocycles. The van der Waals surface area contributed by atoms with Crippen LogP contribution < -0.4 is 10.1 Å². The van der Waals surface area contributed by atoms with Crippen molar-refractivity contribution in [2.75, 3.05) is 18.5 Å². The van der Waals surface area contributed by atoms with Crippen molar-refractivity contribution in [3.8, 4) is 5.75 Å². The minimum Gasteiger partial charge on any atom is -0.484 e. The normalized spacial score (nSPS) is 14.7. The van der Waals surface area contributed by atoms with E-state index in [2.05, 4.69) is 11.4 Å². The Morgan fingerprint density at radius 3 is 2.53 bits per heavy atom. The Hall–Kier alpha value is -4.32. The summed E-state index contributed by atoms with van der Waals surface area (Å²) in [5, 5.41) is 2.87. The molecule has 0 radical (unpaired) electrons. The van der Waals surface area contributed by atoms with Gasteiger partial charge in [0, 0.05) is 12.2 Å². The summed E-state index contributed by atoms with van der Waals surface area (Å²) in [5.41, 5.74) is 6.08. The van der Waals surface area contributed by atoms with E-state index in [0.29, 0.717) is 18.1 Å². The fourth-order valence-corrected chi connectivity index (χ4v) is 4.71. The summed E-state index contributed by atoms with van der Waals surface area (Å²) in [5.74, 6) is 0.513. The fraction of sp³-hybridized carbons (Fsp3) is 0.200. The minimum atomic E-state index is -0.295. The third kappa shape index (κ3) is 5.03. The zero-order chi connectivity index (χ0) is 25.1. The molecule has 36 heavy (non-hydrogen) atoms. The van der Waals surface area contributed by atoms with E-state index < -0.39 is 0 Å². The smallest absolute Gasteiger partial charge is 0.290 e. The van der Waals surface area contributed by atoms with Crippen LogP contribution in [0, 0.1) is 13.8 Å². The number of nitrogens with zero attached hydrogens (tertiary/aromatic N) is 1. The molecule has 1 atom stereocenters. The molecule has 2 amide bonds. The zero-order valence-electron chi connectivity index (χ0n) is 20.4. The van der Waals surface area contributed by atoms with Gasteiger partial charge in [-0.15, -0.1) is 0 Å². The Kier molecular flexibility index (Phi) is 6.58. The molecule has 6 nitrogen and oxygen atoms in total. The van der Waals surface area contributed by atoms with Crippen molar-refractivity contribution in [2.24, 2.45) is 0 Å². The van der Waals surface area contributed by atoms with Gasteiger partial charge in [0.25, 0.3) is 11.8 Å². The monoisotopic (exact) mass is 480 g/mol. The third-order valence-electron chi connectivity index (χ3n) is 6.37. The van der Waals surface area contributed by atoms with Crippen LogP contribution in [0.15, 0.2) is 89.5 Å². The lowest BCUT2D eigenvalue weighted by Crippen LogP contribution is -2.40. The van der Waals surface area contributed by atoms with E-state index in [4.69, 9.17) is 9.15 Å². The summed E-state index contributed by atoms with van der Waals surface area (Å²) in [4.78, 5) is 27.7. The molecule has 0 spiro atoms. The molecule has 0 aliphatic carbocycles. The van der Waals surface area contributed by atoms with Gasteiger partial charge in [0.05, 0.1) is 12.3 Å². The Bertz CT molecular complexity index is 1390. The first-order valence-electron chi connectivity index (χ1n) is 12.0. The molecule has 182 valence electrons. The number of furan rings is 1. The van der Waals surface area contributed by atoms with Gasteiger partial charge in [0.15, 0.2) is 12.4 Å². The Morgan fingerprint density at radius 1 is 0.972 bits per heavy atom. The maximum atomic E-state index is 13.4. The number of hydrogen-bond acceptors (Lipinski definition) is 4. The maximum absolute atomic E-state index is 13.4. The van der Waals surface area contributed by atoms with Crippen molar-refractivity contribution in [2.45, 2.75) is 26.3 Å². The molecular formula is C30H28N2O4. The predicted octanol–water partition coefficient (Wildman–Crippen LogP) is 5.70. The van der Waals surface area contributed by atoms with Gasteiger partial charge in [-0.2, -0.15) is 0 Å². The Labute approximate surface area is 210 Å². The van der Waals surface area contributed by atoms with Crippen LogP contribution in [0.1, 0.15) is 44.4 Å². The number of carbonyl (C=O) groups is 2. The summed E-state index contributed by atoms with van der Waals surface area (Å²) >= 11 is 0. The second-order valence-corrected chi connectivity index (χ2v) is 9.11. The van der Waals surface area contributed by atoms with Gasteiger partial charge in [0.2, 0.25) is 0 Å². The fourth-order valence-electron chi connectivity index (χ4n) is 4.71. The number of rotatable bonds is 6. The van der Waals surface area contributed by atoms with Gasteiger partial charge in [-0.1, -0.05) is 48.0 Å². The third-order valence-corrected chi connectivity index (χ3v) is 6.37. The number of fused-ring (bicyclic) bond motifs is 1. The van der Waals surface area contributed by atoms with Crippen LogP contribution in [0.2, 0.25) is 0 Å². The standard InChI is InChI=1S/C30H28N2O4/c1-20-6-3-8-23(16-20)29-26-18-25(36-19-28(33)31-24-9-4-7-21(2)17-24)12-11-22(26)13-14-32(29)30(34)27-10-5-15-35-27/h3-12,15-18,29H,13-14,19H2,1-2H3,(H,31,33)/t29-/m0/s1. The molecule has 4 aromatic rings. The minimum absolute atomic E-state index is 0.114.